The molecule has 4 aliphatic rings. The highest BCUT2D eigenvalue weighted by Gasteiger charge is 2.56. The molecule has 2 spiro atoms. The van der Waals surface area contributed by atoms with Crippen molar-refractivity contribution < 1.29 is 29.0 Å². The monoisotopic (exact) mass is 842 g/mol. The third-order valence-electron chi connectivity index (χ3n) is 14.0. The number of aliphatic hydroxyl groups is 1. The molecule has 3 amide bonds. The lowest BCUT2D eigenvalue weighted by Crippen LogP contribution is -2.54. The summed E-state index contributed by atoms with van der Waals surface area (Å²) in [5.41, 5.74) is 6.34. The molecule has 0 radical (unpaired) electrons. The van der Waals surface area contributed by atoms with Gasteiger partial charge in [-0.2, -0.15) is 0 Å². The van der Waals surface area contributed by atoms with Crippen molar-refractivity contribution in [3.63, 3.8) is 0 Å². The fourth-order valence-electron chi connectivity index (χ4n) is 9.84. The standard InChI is InChI=1S/C48H58N8O6/c1-27(2)39(53-45(59)61-5)43(57)55-25-47(15-16-47)21-37(55)41-49-23-35(51-41)30-9-7-29(8-10-30)31-11-12-33-20-34(14-13-32(33)19-31)36-24-50-42(52-36)38-22-48(17-18-48)26-56(38)44(58)40(28(3)4)54-46(60)62-6/h7-14,19-20,23-24,27-28,37-40,43,57H,15-18,21-22,25-26H2,1-6H3,(H,49,51)(H,50,52)(H,53,59)(H,54,60)/t37-,38-,39-,40-,43?/m0/s1. The maximum absolute atomic E-state index is 13.9. The fourth-order valence-corrected chi connectivity index (χ4v) is 9.84. The summed E-state index contributed by atoms with van der Waals surface area (Å²) in [4.78, 5) is 59.0. The smallest absolute Gasteiger partial charge is 0.407 e. The van der Waals surface area contributed by atoms with Gasteiger partial charge >= 0.3 is 12.2 Å². The minimum Gasteiger partial charge on any atom is -0.453 e. The van der Waals surface area contributed by atoms with Crippen LogP contribution < -0.4 is 10.6 Å². The van der Waals surface area contributed by atoms with E-state index in [1.54, 1.807) is 0 Å². The minimum absolute atomic E-state index is 0.00443. The van der Waals surface area contributed by atoms with Gasteiger partial charge < -0.3 is 40.1 Å². The molecule has 2 saturated heterocycles. The van der Waals surface area contributed by atoms with Crippen molar-refractivity contribution >= 4 is 28.9 Å². The number of H-pyrrole nitrogens is 2. The maximum Gasteiger partial charge on any atom is 0.407 e. The van der Waals surface area contributed by atoms with Crippen LogP contribution in [-0.4, -0.2) is 98.6 Å². The highest BCUT2D eigenvalue weighted by molar-refractivity contribution is 5.91. The first-order chi connectivity index (χ1) is 29.8. The molecule has 2 saturated carbocycles. The molecule has 1 unspecified atom stereocenters. The Labute approximate surface area is 362 Å². The van der Waals surface area contributed by atoms with Gasteiger partial charge in [0.05, 0.1) is 56.1 Å². The second-order valence-corrected chi connectivity index (χ2v) is 19.0. The first kappa shape index (κ1) is 41.6. The molecule has 2 aromatic heterocycles. The fraction of sp³-hybridized carbons (Fsp3) is 0.479. The third-order valence-corrected chi connectivity index (χ3v) is 14.0. The zero-order chi connectivity index (χ0) is 43.5. The maximum atomic E-state index is 13.9. The van der Waals surface area contributed by atoms with Crippen molar-refractivity contribution in [1.82, 2.24) is 40.4 Å². The number of aromatic amines is 2. The van der Waals surface area contributed by atoms with Gasteiger partial charge in [0.25, 0.3) is 0 Å². The molecule has 326 valence electrons. The predicted molar refractivity (Wildman–Crippen MR) is 235 cm³/mol. The quantitative estimate of drug-likeness (QED) is 0.0834. The second kappa shape index (κ2) is 16.2. The normalized spacial score (nSPS) is 21.4. The first-order valence-electron chi connectivity index (χ1n) is 22.0. The van der Waals surface area contributed by atoms with Crippen molar-refractivity contribution in [3.8, 4) is 33.6 Å². The molecule has 0 bridgehead atoms. The van der Waals surface area contributed by atoms with Crippen LogP contribution in [0.1, 0.15) is 90.0 Å². The number of likely N-dealkylation sites (tertiary alicyclic amines) is 2. The molecular weight excluding hydrogens is 785 g/mol. The van der Waals surface area contributed by atoms with Crippen LogP contribution in [0.2, 0.25) is 0 Å². The van der Waals surface area contributed by atoms with Crippen LogP contribution in [-0.2, 0) is 14.3 Å². The largest absolute Gasteiger partial charge is 0.453 e. The van der Waals surface area contributed by atoms with Gasteiger partial charge in [0.2, 0.25) is 5.91 Å². The van der Waals surface area contributed by atoms with Crippen LogP contribution in [0.3, 0.4) is 0 Å². The van der Waals surface area contributed by atoms with Gasteiger partial charge in [0, 0.05) is 18.7 Å². The van der Waals surface area contributed by atoms with E-state index in [1.165, 1.54) is 14.2 Å². The van der Waals surface area contributed by atoms with E-state index >= 15 is 0 Å². The Morgan fingerprint density at radius 2 is 1.21 bits per heavy atom. The Hall–Kier alpha value is -5.73. The van der Waals surface area contributed by atoms with E-state index in [2.05, 4.69) is 86.2 Å². The number of benzene rings is 3. The van der Waals surface area contributed by atoms with E-state index in [4.69, 9.17) is 19.4 Å². The Kier molecular flexibility index (Phi) is 10.9. The molecule has 2 aliphatic carbocycles. The average molecular weight is 843 g/mol. The molecule has 14 nitrogen and oxygen atoms in total. The molecule has 5 atom stereocenters. The number of aromatic nitrogens is 4. The number of nitrogens with one attached hydrogen (secondary N) is 4. The van der Waals surface area contributed by atoms with Crippen molar-refractivity contribution in [1.29, 1.82) is 0 Å². The molecule has 5 N–H and O–H groups in total. The number of alkyl carbamates (subject to hydrolysis) is 2. The van der Waals surface area contributed by atoms with Gasteiger partial charge in [-0.1, -0.05) is 76.2 Å². The Balaban J connectivity index is 0.889. The van der Waals surface area contributed by atoms with Crippen LogP contribution >= 0.6 is 0 Å². The summed E-state index contributed by atoms with van der Waals surface area (Å²) in [5, 5.41) is 19.5. The summed E-state index contributed by atoms with van der Waals surface area (Å²) in [6.45, 7) is 9.25. The van der Waals surface area contributed by atoms with Gasteiger partial charge in [-0.25, -0.2) is 19.6 Å². The highest BCUT2D eigenvalue weighted by atomic mass is 16.5. The van der Waals surface area contributed by atoms with Gasteiger partial charge in [-0.15, -0.1) is 0 Å². The molecular formula is C48H58N8O6. The van der Waals surface area contributed by atoms with Gasteiger partial charge in [-0.3, -0.25) is 9.69 Å². The summed E-state index contributed by atoms with van der Waals surface area (Å²) in [5.74, 6) is 1.37. The van der Waals surface area contributed by atoms with E-state index in [0.717, 1.165) is 101 Å². The number of hydrogen-bond acceptors (Lipinski definition) is 9. The van der Waals surface area contributed by atoms with Gasteiger partial charge in [0.1, 0.15) is 23.9 Å². The summed E-state index contributed by atoms with van der Waals surface area (Å²) in [6, 6.07) is 19.9. The van der Waals surface area contributed by atoms with Crippen LogP contribution in [0.15, 0.2) is 73.1 Å². The summed E-state index contributed by atoms with van der Waals surface area (Å²) < 4.78 is 9.69. The number of aliphatic hydroxyl groups excluding tert-OH is 1. The van der Waals surface area contributed by atoms with Gasteiger partial charge in [0.15, 0.2) is 0 Å². The first-order valence-corrected chi connectivity index (χ1v) is 22.0. The number of carbonyl (C=O) groups is 3. The molecule has 4 heterocycles. The number of amides is 3. The van der Waals surface area contributed by atoms with Crippen molar-refractivity contribution in [3.05, 3.63) is 84.7 Å². The van der Waals surface area contributed by atoms with Crippen molar-refractivity contribution in [2.24, 2.45) is 22.7 Å². The molecule has 4 fully saturated rings. The van der Waals surface area contributed by atoms with Crippen LogP contribution in [0, 0.1) is 22.7 Å². The SMILES string of the molecule is COC(=O)N[C@@H](C(C)C)C(O)N1CC2(CC2)C[C@H]1c1ncc(-c2ccc(-c3ccc4cc(-c5cnc([C@@H]6CC7(CC7)CN6C(=O)[C@@H](NC(=O)OC)C(C)C)[nH]5)ccc4c3)cc2)[nH]1. The second-order valence-electron chi connectivity index (χ2n) is 19.0. The van der Waals surface area contributed by atoms with E-state index in [9.17, 15) is 19.5 Å². The minimum atomic E-state index is -0.886. The summed E-state index contributed by atoms with van der Waals surface area (Å²) >= 11 is 0. The number of fused-ring (bicyclic) bond motifs is 1. The lowest BCUT2D eigenvalue weighted by Gasteiger charge is -2.36. The zero-order valence-electron chi connectivity index (χ0n) is 36.4. The number of imidazole rings is 2. The zero-order valence-corrected chi connectivity index (χ0v) is 36.4. The average Bonchev–Trinajstić information content (AvgIpc) is 3.85. The number of carbonyl (C=O) groups excluding carboxylic acids is 3. The molecule has 9 rings (SSSR count). The number of nitrogens with zero attached hydrogens (tertiary/aromatic N) is 4. The van der Waals surface area contributed by atoms with E-state index in [0.29, 0.717) is 6.54 Å². The van der Waals surface area contributed by atoms with Crippen molar-refractivity contribution in [2.75, 3.05) is 27.3 Å². The van der Waals surface area contributed by atoms with Crippen molar-refractivity contribution in [2.45, 2.75) is 96.6 Å². The molecule has 14 heteroatoms. The topological polar surface area (TPSA) is 178 Å². The Morgan fingerprint density at radius 3 is 1.81 bits per heavy atom. The number of ether oxygens (including phenoxy) is 2. The predicted octanol–water partition coefficient (Wildman–Crippen LogP) is 7.95. The Bertz CT molecular complexity index is 2470. The highest BCUT2D eigenvalue weighted by Crippen LogP contribution is 2.59. The third kappa shape index (κ3) is 8.06. The van der Waals surface area contributed by atoms with Gasteiger partial charge in [-0.05, 0) is 101 Å². The molecule has 5 aromatic rings. The molecule has 2 aliphatic heterocycles. The molecule has 3 aromatic carbocycles. The number of rotatable bonds is 12. The van der Waals surface area contributed by atoms with E-state index in [1.807, 2.05) is 45.0 Å². The number of methoxy groups -OCH3 is 2. The summed E-state index contributed by atoms with van der Waals surface area (Å²) in [6.07, 6.45) is 7.87. The molecule has 62 heavy (non-hydrogen) atoms. The summed E-state index contributed by atoms with van der Waals surface area (Å²) in [7, 11) is 2.64. The van der Waals surface area contributed by atoms with Crippen LogP contribution in [0.25, 0.3) is 44.4 Å². The lowest BCUT2D eigenvalue weighted by atomic mass is 9.98. The van der Waals surface area contributed by atoms with Crippen LogP contribution in [0.5, 0.6) is 0 Å². The Morgan fingerprint density at radius 1 is 0.694 bits per heavy atom. The lowest BCUT2D eigenvalue weighted by molar-refractivity contribution is -0.135. The van der Waals surface area contributed by atoms with E-state index < -0.39 is 30.5 Å². The number of hydrogen-bond donors (Lipinski definition) is 5. The van der Waals surface area contributed by atoms with E-state index in [-0.39, 0.29) is 40.7 Å². The van der Waals surface area contributed by atoms with Crippen LogP contribution in [0.4, 0.5) is 9.59 Å².